The van der Waals surface area contributed by atoms with Crippen molar-refractivity contribution in [2.45, 2.75) is 155 Å². The molecule has 0 spiro atoms. The lowest BCUT2D eigenvalue weighted by molar-refractivity contribution is 0.393. The topological polar surface area (TPSA) is 0 Å². The summed E-state index contributed by atoms with van der Waals surface area (Å²) in [4.78, 5) is 0. The predicted octanol–water partition coefficient (Wildman–Crippen LogP) is 10.8. The van der Waals surface area contributed by atoms with Crippen molar-refractivity contribution in [1.82, 2.24) is 0 Å². The Morgan fingerprint density at radius 3 is 1.28 bits per heavy atom. The lowest BCUT2D eigenvalue weighted by Gasteiger charge is -2.14. The average Bonchev–Trinajstić information content (AvgIpc) is 2.74. The minimum Gasteiger partial charge on any atom is -0.0885 e. The van der Waals surface area contributed by atoms with E-state index < -0.39 is 0 Å². The molecule has 0 saturated carbocycles. The van der Waals surface area contributed by atoms with E-state index in [4.69, 9.17) is 0 Å². The van der Waals surface area contributed by atoms with Gasteiger partial charge in [0.2, 0.25) is 0 Å². The fourth-order valence-corrected chi connectivity index (χ4v) is 4.30. The Balaban J connectivity index is 3.24. The number of rotatable bonds is 24. The molecule has 0 heterocycles. The average molecular weight is 405 g/mol. The van der Waals surface area contributed by atoms with Crippen LogP contribution >= 0.6 is 0 Å². The summed E-state index contributed by atoms with van der Waals surface area (Å²) in [5.41, 5.74) is 0. The summed E-state index contributed by atoms with van der Waals surface area (Å²) in [7, 11) is 0. The van der Waals surface area contributed by atoms with Gasteiger partial charge in [-0.1, -0.05) is 155 Å². The highest BCUT2D eigenvalue weighted by Crippen LogP contribution is 2.21. The maximum Gasteiger partial charge on any atom is -0.0351 e. The molecule has 0 aromatic rings. The van der Waals surface area contributed by atoms with Gasteiger partial charge in [0.05, 0.1) is 0 Å². The van der Waals surface area contributed by atoms with Gasteiger partial charge in [0.15, 0.2) is 0 Å². The van der Waals surface area contributed by atoms with Crippen LogP contribution in [0.25, 0.3) is 0 Å². The number of unbranched alkanes of at least 4 members (excludes halogenated alkanes) is 17. The fraction of sp³-hybridized carbons (Fsp3) is 0.862. The van der Waals surface area contributed by atoms with Crippen LogP contribution < -0.4 is 0 Å². The molecule has 0 rings (SSSR count). The Kier molecular flexibility index (Phi) is 25.5. The van der Waals surface area contributed by atoms with Gasteiger partial charge in [0.25, 0.3) is 0 Å². The van der Waals surface area contributed by atoms with Crippen molar-refractivity contribution < 1.29 is 0 Å². The first-order valence-electron chi connectivity index (χ1n) is 13.6. The molecule has 0 heteroatoms. The van der Waals surface area contributed by atoms with Crippen LogP contribution in [-0.4, -0.2) is 0 Å². The molecule has 2 radical (unpaired) electrons. The van der Waals surface area contributed by atoms with Crippen LogP contribution in [-0.2, 0) is 0 Å². The second kappa shape index (κ2) is 25.8. The van der Waals surface area contributed by atoms with E-state index in [-0.39, 0.29) is 0 Å². The monoisotopic (exact) mass is 404 g/mol. The molecule has 29 heavy (non-hydrogen) atoms. The highest BCUT2D eigenvalue weighted by atomic mass is 14.1. The third-order valence-corrected chi connectivity index (χ3v) is 6.46. The second-order valence-electron chi connectivity index (χ2n) is 9.26. The van der Waals surface area contributed by atoms with Crippen molar-refractivity contribution in [2.24, 2.45) is 5.92 Å². The molecule has 0 aromatic carbocycles. The third-order valence-electron chi connectivity index (χ3n) is 6.46. The lowest BCUT2D eigenvalue weighted by Crippen LogP contribution is -1.99. The molecule has 0 aromatic heterocycles. The Morgan fingerprint density at radius 2 is 0.828 bits per heavy atom. The van der Waals surface area contributed by atoms with Crippen LogP contribution in [0, 0.1) is 19.8 Å². The van der Waals surface area contributed by atoms with Crippen molar-refractivity contribution >= 4 is 0 Å². The molecule has 1 atom stereocenters. The smallest absolute Gasteiger partial charge is 0.0351 e. The SMILES string of the molecule is [CH2]CCCC/C=C/CCCCCCCCCCCCC(CC)CCCCCC[CH2]. The third kappa shape index (κ3) is 23.9. The van der Waals surface area contributed by atoms with E-state index in [1.807, 2.05) is 0 Å². The molecule has 0 aliphatic rings. The molecule has 0 fully saturated rings. The van der Waals surface area contributed by atoms with E-state index in [2.05, 4.69) is 32.9 Å². The summed E-state index contributed by atoms with van der Waals surface area (Å²) in [6.45, 7) is 10.2. The van der Waals surface area contributed by atoms with Crippen LogP contribution in [0.5, 0.6) is 0 Å². The molecule has 0 bridgehead atoms. The van der Waals surface area contributed by atoms with E-state index in [0.29, 0.717) is 0 Å². The summed E-state index contributed by atoms with van der Waals surface area (Å²) >= 11 is 0. The Labute approximate surface area is 186 Å². The van der Waals surface area contributed by atoms with Crippen LogP contribution in [0.1, 0.15) is 155 Å². The Morgan fingerprint density at radius 1 is 0.483 bits per heavy atom. The van der Waals surface area contributed by atoms with Gasteiger partial charge in [-0.15, -0.1) is 0 Å². The molecule has 1 unspecified atom stereocenters. The van der Waals surface area contributed by atoms with Crippen molar-refractivity contribution in [1.29, 1.82) is 0 Å². The second-order valence-corrected chi connectivity index (χ2v) is 9.26. The Bertz CT molecular complexity index is 303. The molecular formula is C29H56. The summed E-state index contributed by atoms with van der Waals surface area (Å²) in [5, 5.41) is 0. The van der Waals surface area contributed by atoms with Crippen molar-refractivity contribution in [3.63, 3.8) is 0 Å². The lowest BCUT2D eigenvalue weighted by atomic mass is 9.92. The quantitative estimate of drug-likeness (QED) is 0.111. The molecule has 0 amide bonds. The fourth-order valence-electron chi connectivity index (χ4n) is 4.30. The van der Waals surface area contributed by atoms with Crippen LogP contribution in [0.4, 0.5) is 0 Å². The first-order chi connectivity index (χ1) is 14.3. The predicted molar refractivity (Wildman–Crippen MR) is 135 cm³/mol. The molecule has 0 aliphatic heterocycles. The van der Waals surface area contributed by atoms with Crippen LogP contribution in [0.15, 0.2) is 12.2 Å². The molecule has 0 nitrogen and oxygen atoms in total. The van der Waals surface area contributed by atoms with Crippen LogP contribution in [0.3, 0.4) is 0 Å². The maximum atomic E-state index is 3.94. The zero-order valence-corrected chi connectivity index (χ0v) is 20.4. The van der Waals surface area contributed by atoms with Gasteiger partial charge in [-0.25, -0.2) is 0 Å². The van der Waals surface area contributed by atoms with E-state index in [1.165, 1.54) is 135 Å². The van der Waals surface area contributed by atoms with Gasteiger partial charge in [-0.05, 0) is 31.6 Å². The number of hydrogen-bond donors (Lipinski definition) is 0. The largest absolute Gasteiger partial charge is 0.0885 e. The van der Waals surface area contributed by atoms with Crippen molar-refractivity contribution in [2.75, 3.05) is 0 Å². The zero-order chi connectivity index (χ0) is 21.3. The van der Waals surface area contributed by atoms with E-state index in [0.717, 1.165) is 18.8 Å². The molecule has 0 saturated heterocycles. The molecule has 172 valence electrons. The van der Waals surface area contributed by atoms with Crippen molar-refractivity contribution in [3.05, 3.63) is 26.0 Å². The van der Waals surface area contributed by atoms with Gasteiger partial charge >= 0.3 is 0 Å². The van der Waals surface area contributed by atoms with E-state index >= 15 is 0 Å². The van der Waals surface area contributed by atoms with Gasteiger partial charge in [-0.2, -0.15) is 0 Å². The zero-order valence-electron chi connectivity index (χ0n) is 20.4. The summed E-state index contributed by atoms with van der Waals surface area (Å²) in [5.74, 6) is 0.998. The molecule has 0 aliphatic carbocycles. The molecular weight excluding hydrogens is 348 g/mol. The standard InChI is InChI=1S/C29H56/c1-4-7-9-11-12-13-14-15-16-17-18-19-20-21-22-24-26-28-29(6-3)27-25-23-10-8-5-2/h12-13,29H,1-2,4-11,14-28H2,3H3/b13-12+. The van der Waals surface area contributed by atoms with Gasteiger partial charge in [-0.3, -0.25) is 0 Å². The summed E-state index contributed by atoms with van der Waals surface area (Å²) in [6.07, 6.45) is 36.6. The maximum absolute atomic E-state index is 3.94. The van der Waals surface area contributed by atoms with E-state index in [1.54, 1.807) is 0 Å². The first kappa shape index (κ1) is 28.7. The highest BCUT2D eigenvalue weighted by molar-refractivity contribution is 4.81. The van der Waals surface area contributed by atoms with Gasteiger partial charge < -0.3 is 0 Å². The minimum atomic E-state index is 0.998. The first-order valence-corrected chi connectivity index (χ1v) is 13.6. The van der Waals surface area contributed by atoms with Crippen molar-refractivity contribution in [3.8, 4) is 0 Å². The van der Waals surface area contributed by atoms with Crippen LogP contribution in [0.2, 0.25) is 0 Å². The van der Waals surface area contributed by atoms with Gasteiger partial charge in [0, 0.05) is 0 Å². The van der Waals surface area contributed by atoms with E-state index in [9.17, 15) is 0 Å². The van der Waals surface area contributed by atoms with Gasteiger partial charge in [0.1, 0.15) is 0 Å². The number of allylic oxidation sites excluding steroid dienone is 2. The minimum absolute atomic E-state index is 0.998. The normalized spacial score (nSPS) is 12.8. The molecule has 0 N–H and O–H groups in total. The summed E-state index contributed by atoms with van der Waals surface area (Å²) in [6, 6.07) is 0. The number of hydrogen-bond acceptors (Lipinski definition) is 0. The Hall–Kier alpha value is -0.260. The highest BCUT2D eigenvalue weighted by Gasteiger charge is 2.05. The summed E-state index contributed by atoms with van der Waals surface area (Å²) < 4.78 is 0.